The topological polar surface area (TPSA) is 108 Å². The zero-order valence-corrected chi connectivity index (χ0v) is 15.0. The van der Waals surface area contributed by atoms with Crippen molar-refractivity contribution in [1.82, 2.24) is 20.3 Å². The Morgan fingerprint density at radius 2 is 2.04 bits per heavy atom. The van der Waals surface area contributed by atoms with Crippen molar-refractivity contribution in [3.8, 4) is 0 Å². The molecule has 2 aliphatic heterocycles. The number of urea groups is 2. The van der Waals surface area contributed by atoms with E-state index in [-0.39, 0.29) is 23.9 Å². The summed E-state index contributed by atoms with van der Waals surface area (Å²) < 4.78 is 5.45. The van der Waals surface area contributed by atoms with Gasteiger partial charge in [0.1, 0.15) is 11.3 Å². The van der Waals surface area contributed by atoms with Crippen molar-refractivity contribution >= 4 is 23.8 Å². The number of hydrogen-bond donors (Lipinski definition) is 2. The van der Waals surface area contributed by atoms with Gasteiger partial charge in [0, 0.05) is 25.1 Å². The molecular formula is C17H23N5O4. The number of hydrogen-bond acceptors (Lipinski definition) is 5. The second kappa shape index (κ2) is 5.72. The molecule has 1 unspecified atom stereocenters. The van der Waals surface area contributed by atoms with Crippen LogP contribution < -0.4 is 10.6 Å². The van der Waals surface area contributed by atoms with Crippen molar-refractivity contribution < 1.29 is 18.9 Å². The number of rotatable bonds is 2. The van der Waals surface area contributed by atoms with Gasteiger partial charge < -0.3 is 14.7 Å². The molecule has 1 aliphatic carbocycles. The SMILES string of the molecule is CN1C(=O)NC2(CCN(C(=O)Nc3cc(C4(C)CCCC4)on3)C2)C1=O. The number of nitrogens with zero attached hydrogens (tertiary/aromatic N) is 3. The van der Waals surface area contributed by atoms with Crippen molar-refractivity contribution in [1.29, 1.82) is 0 Å². The molecule has 140 valence electrons. The number of carbonyl (C=O) groups is 3. The van der Waals surface area contributed by atoms with Crippen LogP contribution >= 0.6 is 0 Å². The van der Waals surface area contributed by atoms with Gasteiger partial charge in [0.05, 0.1) is 6.54 Å². The molecule has 1 saturated carbocycles. The Kier molecular flexibility index (Phi) is 3.71. The highest BCUT2D eigenvalue weighted by Crippen LogP contribution is 2.41. The highest BCUT2D eigenvalue weighted by molar-refractivity contribution is 6.07. The molecule has 3 fully saturated rings. The Morgan fingerprint density at radius 1 is 1.31 bits per heavy atom. The van der Waals surface area contributed by atoms with Gasteiger partial charge in [-0.15, -0.1) is 0 Å². The van der Waals surface area contributed by atoms with Crippen molar-refractivity contribution in [3.05, 3.63) is 11.8 Å². The van der Waals surface area contributed by atoms with E-state index < -0.39 is 11.6 Å². The third-order valence-electron chi connectivity index (χ3n) is 5.97. The molecule has 3 aliphatic rings. The summed E-state index contributed by atoms with van der Waals surface area (Å²) in [5, 5.41) is 9.41. The predicted octanol–water partition coefficient (Wildman–Crippen LogP) is 1.66. The van der Waals surface area contributed by atoms with E-state index in [1.165, 1.54) is 24.8 Å². The van der Waals surface area contributed by atoms with Crippen LogP contribution in [0.3, 0.4) is 0 Å². The molecule has 26 heavy (non-hydrogen) atoms. The van der Waals surface area contributed by atoms with Gasteiger partial charge in [-0.1, -0.05) is 24.9 Å². The first-order valence-electron chi connectivity index (χ1n) is 8.96. The minimum absolute atomic E-state index is 0.0151. The second-order valence-electron chi connectivity index (χ2n) is 7.82. The van der Waals surface area contributed by atoms with Crippen LogP contribution in [-0.4, -0.2) is 58.6 Å². The van der Waals surface area contributed by atoms with Crippen LogP contribution in [0, 0.1) is 0 Å². The first-order valence-corrected chi connectivity index (χ1v) is 8.96. The lowest BCUT2D eigenvalue weighted by Crippen LogP contribution is -2.50. The van der Waals surface area contributed by atoms with Gasteiger partial charge in [-0.2, -0.15) is 0 Å². The number of likely N-dealkylation sites (tertiary alicyclic amines) is 1. The zero-order chi connectivity index (χ0) is 18.5. The van der Waals surface area contributed by atoms with E-state index in [2.05, 4.69) is 22.7 Å². The fraction of sp³-hybridized carbons (Fsp3) is 0.647. The van der Waals surface area contributed by atoms with Gasteiger partial charge in [0.15, 0.2) is 5.82 Å². The summed E-state index contributed by atoms with van der Waals surface area (Å²) in [6.07, 6.45) is 4.85. The molecule has 1 aromatic heterocycles. The lowest BCUT2D eigenvalue weighted by molar-refractivity contribution is -0.129. The van der Waals surface area contributed by atoms with E-state index in [4.69, 9.17) is 4.52 Å². The van der Waals surface area contributed by atoms with Gasteiger partial charge in [-0.05, 0) is 19.3 Å². The minimum atomic E-state index is -1.00. The number of amides is 5. The molecular weight excluding hydrogens is 338 g/mol. The summed E-state index contributed by atoms with van der Waals surface area (Å²) in [5.41, 5.74) is -1.02. The third-order valence-corrected chi connectivity index (χ3v) is 5.97. The number of aromatic nitrogens is 1. The van der Waals surface area contributed by atoms with E-state index in [1.54, 1.807) is 6.07 Å². The summed E-state index contributed by atoms with van der Waals surface area (Å²) >= 11 is 0. The summed E-state index contributed by atoms with van der Waals surface area (Å²) in [4.78, 5) is 39.1. The van der Waals surface area contributed by atoms with Crippen molar-refractivity contribution in [2.75, 3.05) is 25.5 Å². The maximum Gasteiger partial charge on any atom is 0.324 e. The Morgan fingerprint density at radius 3 is 2.69 bits per heavy atom. The molecule has 1 atom stereocenters. The van der Waals surface area contributed by atoms with E-state index in [1.807, 2.05) is 0 Å². The normalized spacial score (nSPS) is 27.5. The number of anilines is 1. The molecule has 5 amide bonds. The number of imide groups is 1. The molecule has 2 saturated heterocycles. The fourth-order valence-electron chi connectivity index (χ4n) is 4.22. The Labute approximate surface area is 151 Å². The number of nitrogens with one attached hydrogen (secondary N) is 2. The first-order chi connectivity index (χ1) is 12.3. The predicted molar refractivity (Wildman–Crippen MR) is 91.6 cm³/mol. The lowest BCUT2D eigenvalue weighted by atomic mass is 9.86. The van der Waals surface area contributed by atoms with Crippen molar-refractivity contribution in [2.24, 2.45) is 0 Å². The second-order valence-corrected chi connectivity index (χ2v) is 7.82. The average Bonchev–Trinajstić information content (AvgIpc) is 3.36. The molecule has 4 rings (SSSR count). The Hall–Kier alpha value is -2.58. The quantitative estimate of drug-likeness (QED) is 0.779. The van der Waals surface area contributed by atoms with Crippen LogP contribution in [-0.2, 0) is 10.2 Å². The van der Waals surface area contributed by atoms with Crippen LogP contribution in [0.25, 0.3) is 0 Å². The van der Waals surface area contributed by atoms with E-state index >= 15 is 0 Å². The van der Waals surface area contributed by atoms with Crippen LogP contribution in [0.15, 0.2) is 10.6 Å². The monoisotopic (exact) mass is 361 g/mol. The Bertz CT molecular complexity index is 769. The number of likely N-dealkylation sites (N-methyl/N-ethyl adjacent to an activating group) is 1. The van der Waals surface area contributed by atoms with Gasteiger partial charge in [-0.3, -0.25) is 15.0 Å². The van der Waals surface area contributed by atoms with Crippen molar-refractivity contribution in [2.45, 2.75) is 50.0 Å². The first kappa shape index (κ1) is 16.9. The van der Waals surface area contributed by atoms with Crippen LogP contribution in [0.2, 0.25) is 0 Å². The maximum atomic E-state index is 12.5. The minimum Gasteiger partial charge on any atom is -0.359 e. The molecule has 9 nitrogen and oxygen atoms in total. The summed E-state index contributed by atoms with van der Waals surface area (Å²) in [6, 6.07) is 1.00. The third kappa shape index (κ3) is 2.53. The summed E-state index contributed by atoms with van der Waals surface area (Å²) in [5.74, 6) is 0.872. The van der Waals surface area contributed by atoms with E-state index in [0.29, 0.717) is 18.8 Å². The number of carbonyl (C=O) groups excluding carboxylic acids is 3. The molecule has 0 aromatic carbocycles. The molecule has 2 N–H and O–H groups in total. The van der Waals surface area contributed by atoms with Gasteiger partial charge in [-0.25, -0.2) is 9.59 Å². The van der Waals surface area contributed by atoms with E-state index in [9.17, 15) is 14.4 Å². The highest BCUT2D eigenvalue weighted by Gasteiger charge is 2.54. The summed E-state index contributed by atoms with van der Waals surface area (Å²) in [6.45, 7) is 2.69. The molecule has 3 heterocycles. The maximum absolute atomic E-state index is 12.5. The molecule has 0 bridgehead atoms. The molecule has 9 heteroatoms. The lowest BCUT2D eigenvalue weighted by Gasteiger charge is -2.21. The molecule has 1 aromatic rings. The average molecular weight is 361 g/mol. The highest BCUT2D eigenvalue weighted by atomic mass is 16.5. The smallest absolute Gasteiger partial charge is 0.324 e. The largest absolute Gasteiger partial charge is 0.359 e. The van der Waals surface area contributed by atoms with Crippen LogP contribution in [0.5, 0.6) is 0 Å². The van der Waals surface area contributed by atoms with Gasteiger partial charge in [0.25, 0.3) is 5.91 Å². The fourth-order valence-corrected chi connectivity index (χ4v) is 4.22. The molecule has 1 spiro atoms. The zero-order valence-electron chi connectivity index (χ0n) is 15.0. The van der Waals surface area contributed by atoms with Crippen LogP contribution in [0.4, 0.5) is 15.4 Å². The van der Waals surface area contributed by atoms with Crippen molar-refractivity contribution in [3.63, 3.8) is 0 Å². The molecule has 0 radical (unpaired) electrons. The van der Waals surface area contributed by atoms with Gasteiger partial charge in [0.2, 0.25) is 0 Å². The van der Waals surface area contributed by atoms with Gasteiger partial charge >= 0.3 is 12.1 Å². The van der Waals surface area contributed by atoms with E-state index in [0.717, 1.165) is 23.5 Å². The summed E-state index contributed by atoms with van der Waals surface area (Å²) in [7, 11) is 1.44. The van der Waals surface area contributed by atoms with Crippen LogP contribution in [0.1, 0.15) is 44.8 Å². The standard InChI is InChI=1S/C17H23N5O4/c1-16(5-3-4-6-16)11-9-12(20-26-11)18-14(24)22-8-7-17(10-22)13(23)21(2)15(25)19-17/h9H,3-8,10H2,1-2H3,(H,19,25)(H,18,20,24). The Balaban J connectivity index is 1.41.